The van der Waals surface area contributed by atoms with Gasteiger partial charge in [0.05, 0.1) is 23.2 Å². The number of rotatable bonds is 5. The van der Waals surface area contributed by atoms with Crippen LogP contribution in [0.15, 0.2) is 42.5 Å². The summed E-state index contributed by atoms with van der Waals surface area (Å²) in [6.07, 6.45) is -3.71. The monoisotopic (exact) mass is 400 g/mol. The van der Waals surface area contributed by atoms with Gasteiger partial charge in [-0.2, -0.15) is 13.2 Å². The maximum atomic E-state index is 13.0. The smallest absolute Gasteiger partial charge is 0.324 e. The number of nitrogens with zero attached hydrogens (tertiary/aromatic N) is 1. The molecule has 0 heterocycles. The zero-order valence-electron chi connectivity index (χ0n) is 15.0. The summed E-state index contributed by atoms with van der Waals surface area (Å²) < 4.78 is 64.3. The molecule has 0 unspecified atom stereocenters. The number of alkyl halides is 3. The van der Waals surface area contributed by atoms with Crippen molar-refractivity contribution in [3.05, 3.63) is 59.2 Å². The minimum atomic E-state index is -4.64. The molecule has 0 bridgehead atoms. The van der Waals surface area contributed by atoms with Gasteiger partial charge in [-0.25, -0.2) is 8.42 Å². The Hall–Kier alpha value is -2.55. The first-order valence-electron chi connectivity index (χ1n) is 7.90. The van der Waals surface area contributed by atoms with E-state index < -0.39 is 39.9 Å². The third-order valence-electron chi connectivity index (χ3n) is 3.69. The van der Waals surface area contributed by atoms with Gasteiger partial charge in [-0.3, -0.25) is 9.10 Å². The van der Waals surface area contributed by atoms with E-state index in [1.165, 1.54) is 12.1 Å². The maximum absolute atomic E-state index is 13.0. The van der Waals surface area contributed by atoms with Crippen LogP contribution < -0.4 is 9.62 Å². The molecule has 0 saturated heterocycles. The molecule has 146 valence electrons. The highest BCUT2D eigenvalue weighted by atomic mass is 32.2. The Morgan fingerprint density at radius 2 is 1.63 bits per heavy atom. The van der Waals surface area contributed by atoms with E-state index in [4.69, 9.17) is 0 Å². The number of anilines is 2. The highest BCUT2D eigenvalue weighted by Gasteiger charge is 2.33. The second-order valence-corrected chi connectivity index (χ2v) is 8.11. The minimum absolute atomic E-state index is 0.272. The molecule has 0 aromatic heterocycles. The molecule has 0 aliphatic heterocycles. The van der Waals surface area contributed by atoms with E-state index in [0.29, 0.717) is 0 Å². The molecule has 2 aromatic carbocycles. The van der Waals surface area contributed by atoms with Crippen LogP contribution >= 0.6 is 0 Å². The Morgan fingerprint density at radius 3 is 2.15 bits per heavy atom. The Labute approximate surface area is 155 Å². The van der Waals surface area contributed by atoms with Crippen LogP contribution in [0.2, 0.25) is 0 Å². The maximum Gasteiger partial charge on any atom is 0.418 e. The van der Waals surface area contributed by atoms with Gasteiger partial charge in [0.1, 0.15) is 6.54 Å². The fraction of sp³-hybridized carbons (Fsp3) is 0.278. The average molecular weight is 400 g/mol. The molecule has 5 nitrogen and oxygen atoms in total. The molecule has 0 atom stereocenters. The molecule has 0 fully saturated rings. The summed E-state index contributed by atoms with van der Waals surface area (Å²) in [6, 6.07) is 9.52. The van der Waals surface area contributed by atoms with Crippen molar-refractivity contribution in [1.29, 1.82) is 0 Å². The number of carbonyl (C=O) groups is 1. The second kappa shape index (κ2) is 7.59. The molecule has 0 aliphatic rings. The van der Waals surface area contributed by atoms with Gasteiger partial charge < -0.3 is 5.32 Å². The summed E-state index contributed by atoms with van der Waals surface area (Å²) >= 11 is 0. The van der Waals surface area contributed by atoms with Crippen molar-refractivity contribution in [3.8, 4) is 0 Å². The van der Waals surface area contributed by atoms with Gasteiger partial charge in [-0.05, 0) is 49.2 Å². The van der Waals surface area contributed by atoms with Crippen molar-refractivity contribution in [2.24, 2.45) is 0 Å². The summed E-state index contributed by atoms with van der Waals surface area (Å²) in [6.45, 7) is 2.90. The third-order valence-corrected chi connectivity index (χ3v) is 4.83. The van der Waals surface area contributed by atoms with Crippen molar-refractivity contribution >= 4 is 27.3 Å². The third kappa shape index (κ3) is 5.46. The summed E-state index contributed by atoms with van der Waals surface area (Å²) in [5, 5.41) is 2.15. The lowest BCUT2D eigenvalue weighted by Gasteiger charge is -2.23. The van der Waals surface area contributed by atoms with E-state index in [1.54, 1.807) is 26.0 Å². The van der Waals surface area contributed by atoms with Crippen LogP contribution in [0.5, 0.6) is 0 Å². The largest absolute Gasteiger partial charge is 0.418 e. The number of amides is 1. The summed E-state index contributed by atoms with van der Waals surface area (Å²) in [7, 11) is -3.83. The molecule has 0 radical (unpaired) electrons. The molecule has 0 aliphatic carbocycles. The van der Waals surface area contributed by atoms with Gasteiger partial charge in [-0.1, -0.05) is 18.2 Å². The number of sulfonamides is 1. The molecule has 9 heteroatoms. The quantitative estimate of drug-likeness (QED) is 0.832. The van der Waals surface area contributed by atoms with Gasteiger partial charge >= 0.3 is 6.18 Å². The number of benzene rings is 2. The van der Waals surface area contributed by atoms with Crippen molar-refractivity contribution in [2.45, 2.75) is 20.0 Å². The first-order chi connectivity index (χ1) is 12.4. The molecule has 1 amide bonds. The number of hydrogen-bond acceptors (Lipinski definition) is 3. The lowest BCUT2D eigenvalue weighted by Crippen LogP contribution is -2.37. The van der Waals surface area contributed by atoms with Crippen molar-refractivity contribution in [1.82, 2.24) is 0 Å². The topological polar surface area (TPSA) is 66.5 Å². The number of halogens is 3. The number of aryl methyl sites for hydroxylation is 2. The summed E-state index contributed by atoms with van der Waals surface area (Å²) in [5.74, 6) is -0.878. The van der Waals surface area contributed by atoms with Gasteiger partial charge in [0, 0.05) is 0 Å². The predicted octanol–water partition coefficient (Wildman–Crippen LogP) is 3.73. The average Bonchev–Trinajstić information content (AvgIpc) is 2.50. The molecule has 2 rings (SSSR count). The molecule has 1 N–H and O–H groups in total. The van der Waals surface area contributed by atoms with Crippen LogP contribution in [-0.2, 0) is 21.0 Å². The lowest BCUT2D eigenvalue weighted by atomic mass is 10.1. The Kier molecular flexibility index (Phi) is 5.84. The minimum Gasteiger partial charge on any atom is -0.324 e. The van der Waals surface area contributed by atoms with E-state index in [1.807, 2.05) is 6.07 Å². The van der Waals surface area contributed by atoms with E-state index in [0.717, 1.165) is 33.8 Å². The van der Waals surface area contributed by atoms with Crippen LogP contribution in [0, 0.1) is 13.8 Å². The SMILES string of the molecule is Cc1cc(C)cc(N(CC(=O)Nc2ccccc2C(F)(F)F)S(C)(=O)=O)c1. The molecule has 2 aromatic rings. The number of para-hydroxylation sites is 1. The molecule has 27 heavy (non-hydrogen) atoms. The van der Waals surface area contributed by atoms with Crippen LogP contribution in [0.25, 0.3) is 0 Å². The van der Waals surface area contributed by atoms with Crippen molar-refractivity contribution in [3.63, 3.8) is 0 Å². The fourth-order valence-corrected chi connectivity index (χ4v) is 3.49. The summed E-state index contributed by atoms with van der Waals surface area (Å²) in [4.78, 5) is 12.3. The second-order valence-electron chi connectivity index (χ2n) is 6.21. The summed E-state index contributed by atoms with van der Waals surface area (Å²) in [5.41, 5.74) is 0.428. The zero-order valence-corrected chi connectivity index (χ0v) is 15.8. The van der Waals surface area contributed by atoms with E-state index in [9.17, 15) is 26.4 Å². The Balaban J connectivity index is 2.31. The Morgan fingerprint density at radius 1 is 1.07 bits per heavy atom. The zero-order chi connectivity index (χ0) is 20.4. The fourth-order valence-electron chi connectivity index (χ4n) is 2.65. The molecular weight excluding hydrogens is 381 g/mol. The molecule has 0 saturated carbocycles. The van der Waals surface area contributed by atoms with Crippen molar-refractivity contribution < 1.29 is 26.4 Å². The van der Waals surface area contributed by atoms with Gasteiger partial charge in [0.15, 0.2) is 0 Å². The van der Waals surface area contributed by atoms with Crippen molar-refractivity contribution in [2.75, 3.05) is 22.4 Å². The first-order valence-corrected chi connectivity index (χ1v) is 9.75. The molecular formula is C18H19F3N2O3S. The lowest BCUT2D eigenvalue weighted by molar-refractivity contribution is -0.137. The van der Waals surface area contributed by atoms with Crippen LogP contribution in [-0.4, -0.2) is 27.1 Å². The predicted molar refractivity (Wildman–Crippen MR) is 98.2 cm³/mol. The Bertz CT molecular complexity index is 936. The first kappa shape index (κ1) is 20.8. The van der Waals surface area contributed by atoms with Crippen LogP contribution in [0.4, 0.5) is 24.5 Å². The van der Waals surface area contributed by atoms with Crippen LogP contribution in [0.1, 0.15) is 16.7 Å². The number of nitrogens with one attached hydrogen (secondary N) is 1. The number of carbonyl (C=O) groups excluding carboxylic acids is 1. The van der Waals surface area contributed by atoms with Gasteiger partial charge in [0.25, 0.3) is 0 Å². The highest BCUT2D eigenvalue weighted by Crippen LogP contribution is 2.34. The van der Waals surface area contributed by atoms with E-state index in [-0.39, 0.29) is 5.69 Å². The van der Waals surface area contributed by atoms with Gasteiger partial charge in [0.2, 0.25) is 15.9 Å². The normalized spacial score (nSPS) is 11.9. The number of hydrogen-bond donors (Lipinski definition) is 1. The highest BCUT2D eigenvalue weighted by molar-refractivity contribution is 7.92. The van der Waals surface area contributed by atoms with E-state index >= 15 is 0 Å². The van der Waals surface area contributed by atoms with Crippen LogP contribution in [0.3, 0.4) is 0 Å². The standard InChI is InChI=1S/C18H19F3N2O3S/c1-12-8-13(2)10-14(9-12)23(27(3,25)26)11-17(24)22-16-7-5-4-6-15(16)18(19,20)21/h4-10H,11H2,1-3H3,(H,22,24). The molecule has 0 spiro atoms. The van der Waals surface area contributed by atoms with E-state index in [2.05, 4.69) is 5.32 Å². The van der Waals surface area contributed by atoms with Gasteiger partial charge in [-0.15, -0.1) is 0 Å².